The van der Waals surface area contributed by atoms with Gasteiger partial charge in [0.2, 0.25) is 0 Å². The van der Waals surface area contributed by atoms with Crippen LogP contribution < -0.4 is 0 Å². The van der Waals surface area contributed by atoms with E-state index in [1.807, 2.05) is 0 Å². The molecule has 14 aromatic rings. The van der Waals surface area contributed by atoms with Gasteiger partial charge in [-0.1, -0.05) is 206 Å². The molecule has 0 aliphatic heterocycles. The summed E-state index contributed by atoms with van der Waals surface area (Å²) in [4.78, 5) is 3.68. The quantitative estimate of drug-likeness (QED) is 0.147. The molecule has 0 spiro atoms. The van der Waals surface area contributed by atoms with Crippen LogP contribution in [0.25, 0.3) is 143 Å². The van der Waals surface area contributed by atoms with Crippen LogP contribution >= 0.6 is 0 Å². The van der Waals surface area contributed by atoms with Crippen molar-refractivity contribution in [3.63, 3.8) is 0 Å². The molecule has 0 aliphatic carbocycles. The molecule has 0 radical (unpaired) electrons. The van der Waals surface area contributed by atoms with Crippen LogP contribution in [0.2, 0.25) is 0 Å². The number of hydrogen-bond donors (Lipinski definition) is 1. The molecule has 338 valence electrons. The lowest BCUT2D eigenvalue weighted by atomic mass is 9.85. The molecule has 72 heavy (non-hydrogen) atoms. The number of hydrogen-bond acceptors (Lipinski definition) is 0. The number of nitrogens with one attached hydrogen (secondary N) is 1. The largest absolute Gasteiger partial charge is 0.355 e. The molecule has 12 aromatic carbocycles. The van der Waals surface area contributed by atoms with E-state index in [9.17, 15) is 0 Å². The van der Waals surface area contributed by atoms with Crippen LogP contribution in [-0.4, -0.2) is 9.55 Å². The van der Waals surface area contributed by atoms with Gasteiger partial charge in [0.15, 0.2) is 0 Å². The van der Waals surface area contributed by atoms with E-state index in [0.29, 0.717) is 0 Å². The highest BCUT2D eigenvalue weighted by molar-refractivity contribution is 6.21. The van der Waals surface area contributed by atoms with Gasteiger partial charge >= 0.3 is 0 Å². The molecule has 2 aromatic heterocycles. The van der Waals surface area contributed by atoms with Crippen LogP contribution in [0.15, 0.2) is 255 Å². The molecule has 0 atom stereocenters. The van der Waals surface area contributed by atoms with Crippen LogP contribution in [0.1, 0.15) is 6.92 Å². The molecular weight excluding hydrogens is 869 g/mol. The third-order valence-electron chi connectivity index (χ3n) is 15.2. The molecule has 1 N–H and O–H groups in total. The number of rotatable bonds is 8. The van der Waals surface area contributed by atoms with Crippen molar-refractivity contribution in [1.82, 2.24) is 9.55 Å². The van der Waals surface area contributed by atoms with Crippen LogP contribution in [-0.2, 0) is 6.54 Å². The fourth-order valence-electron chi connectivity index (χ4n) is 11.6. The van der Waals surface area contributed by atoms with E-state index in [4.69, 9.17) is 0 Å². The first-order valence-electron chi connectivity index (χ1n) is 25.1. The van der Waals surface area contributed by atoms with Gasteiger partial charge in [0.05, 0.1) is 0 Å². The summed E-state index contributed by atoms with van der Waals surface area (Å²) in [6.45, 7) is 3.16. The summed E-state index contributed by atoms with van der Waals surface area (Å²) in [6.07, 6.45) is 0. The first-order valence-corrected chi connectivity index (χ1v) is 25.1. The monoisotopic (exact) mass is 916 g/mol. The Hall–Kier alpha value is -9.24. The fraction of sp³-hybridized carbons (Fsp3) is 0.0286. The summed E-state index contributed by atoms with van der Waals surface area (Å²) in [5.74, 6) is 0. The number of fused-ring (bicyclic) bond motifs is 8. The Balaban J connectivity index is 0.801. The third-order valence-corrected chi connectivity index (χ3v) is 15.2. The molecule has 0 saturated carbocycles. The van der Waals surface area contributed by atoms with Crippen molar-refractivity contribution < 1.29 is 0 Å². The zero-order valence-corrected chi connectivity index (χ0v) is 39.9. The Labute approximate surface area is 418 Å². The van der Waals surface area contributed by atoms with E-state index in [-0.39, 0.29) is 0 Å². The van der Waals surface area contributed by atoms with E-state index in [2.05, 4.69) is 271 Å². The smallest absolute Gasteiger partial charge is 0.0491 e. The number of aryl methyl sites for hydroxylation is 1. The first-order chi connectivity index (χ1) is 35.6. The lowest BCUT2D eigenvalue weighted by molar-refractivity contribution is 0.827. The Morgan fingerprint density at radius 2 is 0.528 bits per heavy atom. The standard InChI is InChI=1S/C70H48N2/c1-2-72-67-39-35-55(46-15-7-4-8-16-46)43-63(67)64-44-56(36-40-68(64)72)50-27-31-52(32-28-50)70-59-19-11-9-17-57(59)69(58-18-10-12-20-60(58)70)51-29-25-49(26-30-51)54-34-38-66-62(42-54)61-41-53(33-37-65(61)71-66)48-23-21-47(22-24-48)45-13-5-3-6-14-45/h3-44,71H,2H2,1H3. The Morgan fingerprint density at radius 1 is 0.250 bits per heavy atom. The number of H-pyrrole nitrogens is 1. The normalized spacial score (nSPS) is 11.7. The highest BCUT2D eigenvalue weighted by Crippen LogP contribution is 2.45. The number of nitrogens with zero attached hydrogens (tertiary/aromatic N) is 1. The maximum Gasteiger partial charge on any atom is 0.0491 e. The predicted octanol–water partition coefficient (Wildman–Crippen LogP) is 19.4. The van der Waals surface area contributed by atoms with Gasteiger partial charge in [-0.2, -0.15) is 0 Å². The Bertz CT molecular complexity index is 4310. The summed E-state index contributed by atoms with van der Waals surface area (Å²) in [7, 11) is 0. The van der Waals surface area contributed by atoms with Crippen LogP contribution in [0.3, 0.4) is 0 Å². The highest BCUT2D eigenvalue weighted by atomic mass is 15.0. The second kappa shape index (κ2) is 17.0. The SMILES string of the molecule is CCn1c2ccc(-c3ccccc3)cc2c2cc(-c3ccc(-c4c5ccccc5c(-c5ccc(-c6ccc7[nH]c8ccc(-c9ccc(-c%10ccccc%10)cc9)cc8c7c6)cc5)c5ccccc45)cc3)ccc21. The average molecular weight is 917 g/mol. The molecular formula is C70H48N2. The maximum absolute atomic E-state index is 3.68. The molecule has 0 amide bonds. The minimum atomic E-state index is 0.919. The Kier molecular flexibility index (Phi) is 9.86. The van der Waals surface area contributed by atoms with Crippen molar-refractivity contribution in [2.24, 2.45) is 0 Å². The van der Waals surface area contributed by atoms with Gasteiger partial charge in [-0.25, -0.2) is 0 Å². The molecule has 2 heteroatoms. The molecule has 0 unspecified atom stereocenters. The van der Waals surface area contributed by atoms with Gasteiger partial charge in [0.25, 0.3) is 0 Å². The summed E-state index contributed by atoms with van der Waals surface area (Å²) in [5.41, 5.74) is 22.0. The summed E-state index contributed by atoms with van der Waals surface area (Å²) >= 11 is 0. The zero-order valence-electron chi connectivity index (χ0n) is 39.9. The number of aromatic amines is 1. The van der Waals surface area contributed by atoms with Crippen molar-refractivity contribution in [1.29, 1.82) is 0 Å². The van der Waals surface area contributed by atoms with Crippen LogP contribution in [0.5, 0.6) is 0 Å². The summed E-state index contributed by atoms with van der Waals surface area (Å²) < 4.78 is 2.44. The summed E-state index contributed by atoms with van der Waals surface area (Å²) in [6, 6.07) is 94.0. The minimum absolute atomic E-state index is 0.919. The number of benzene rings is 12. The van der Waals surface area contributed by atoms with E-state index in [1.165, 1.54) is 132 Å². The summed E-state index contributed by atoms with van der Waals surface area (Å²) in [5, 5.41) is 10.1. The van der Waals surface area contributed by atoms with Crippen LogP contribution in [0.4, 0.5) is 0 Å². The average Bonchev–Trinajstić information content (AvgIpc) is 3.99. The first kappa shape index (κ1) is 41.7. The fourth-order valence-corrected chi connectivity index (χ4v) is 11.6. The lowest BCUT2D eigenvalue weighted by Gasteiger charge is -2.18. The van der Waals surface area contributed by atoms with Gasteiger partial charge in [0.1, 0.15) is 0 Å². The van der Waals surface area contributed by atoms with E-state index in [1.54, 1.807) is 0 Å². The van der Waals surface area contributed by atoms with E-state index >= 15 is 0 Å². The van der Waals surface area contributed by atoms with Gasteiger partial charge < -0.3 is 9.55 Å². The number of aromatic nitrogens is 2. The van der Waals surface area contributed by atoms with Crippen molar-refractivity contribution in [3.8, 4) is 77.9 Å². The van der Waals surface area contributed by atoms with Crippen molar-refractivity contribution in [2.75, 3.05) is 0 Å². The van der Waals surface area contributed by atoms with E-state index < -0.39 is 0 Å². The van der Waals surface area contributed by atoms with Crippen LogP contribution in [0, 0.1) is 0 Å². The third kappa shape index (κ3) is 6.94. The molecule has 0 bridgehead atoms. The molecule has 2 nitrogen and oxygen atoms in total. The Morgan fingerprint density at radius 3 is 0.903 bits per heavy atom. The van der Waals surface area contributed by atoms with Gasteiger partial charge in [0, 0.05) is 50.2 Å². The zero-order chi connectivity index (χ0) is 47.7. The minimum Gasteiger partial charge on any atom is -0.355 e. The van der Waals surface area contributed by atoms with Crippen molar-refractivity contribution >= 4 is 65.2 Å². The van der Waals surface area contributed by atoms with Crippen molar-refractivity contribution in [3.05, 3.63) is 255 Å². The molecule has 0 aliphatic rings. The molecule has 0 saturated heterocycles. The molecule has 14 rings (SSSR count). The second-order valence-electron chi connectivity index (χ2n) is 19.2. The highest BCUT2D eigenvalue weighted by Gasteiger charge is 2.18. The van der Waals surface area contributed by atoms with Gasteiger partial charge in [-0.15, -0.1) is 0 Å². The molecule has 2 heterocycles. The topological polar surface area (TPSA) is 20.7 Å². The van der Waals surface area contributed by atoms with Crippen molar-refractivity contribution in [2.45, 2.75) is 13.5 Å². The predicted molar refractivity (Wildman–Crippen MR) is 308 cm³/mol. The van der Waals surface area contributed by atoms with Gasteiger partial charge in [-0.05, 0) is 155 Å². The maximum atomic E-state index is 3.68. The lowest BCUT2D eigenvalue weighted by Crippen LogP contribution is -1.92. The van der Waals surface area contributed by atoms with Gasteiger partial charge in [-0.3, -0.25) is 0 Å². The molecule has 0 fully saturated rings. The second-order valence-corrected chi connectivity index (χ2v) is 19.2. The van der Waals surface area contributed by atoms with E-state index in [0.717, 1.165) is 17.6 Å².